The van der Waals surface area contributed by atoms with E-state index in [0.717, 1.165) is 21.9 Å². The minimum Gasteiger partial charge on any atom is -0.354 e. The van der Waals surface area contributed by atoms with Crippen molar-refractivity contribution in [3.63, 3.8) is 0 Å². The van der Waals surface area contributed by atoms with E-state index in [0.29, 0.717) is 17.8 Å². The van der Waals surface area contributed by atoms with Gasteiger partial charge in [0.2, 0.25) is 11.8 Å². The van der Waals surface area contributed by atoms with Gasteiger partial charge in [-0.2, -0.15) is 0 Å². The summed E-state index contributed by atoms with van der Waals surface area (Å²) < 4.78 is 28.7. The van der Waals surface area contributed by atoms with E-state index in [1.54, 1.807) is 50.2 Å². The first kappa shape index (κ1) is 27.9. The molecule has 3 aromatic carbocycles. The van der Waals surface area contributed by atoms with Crippen LogP contribution in [0.2, 0.25) is 0 Å². The van der Waals surface area contributed by atoms with E-state index in [1.165, 1.54) is 17.0 Å². The van der Waals surface area contributed by atoms with Crippen LogP contribution in [0.4, 0.5) is 5.69 Å². The Hall–Kier alpha value is -3.65. The van der Waals surface area contributed by atoms with Gasteiger partial charge in [0.15, 0.2) is 0 Å². The van der Waals surface area contributed by atoms with Crippen molar-refractivity contribution in [3.05, 3.63) is 95.6 Å². The van der Waals surface area contributed by atoms with Gasteiger partial charge in [-0.1, -0.05) is 67.6 Å². The van der Waals surface area contributed by atoms with Crippen LogP contribution in [-0.2, 0) is 26.2 Å². The molecule has 37 heavy (non-hydrogen) atoms. The zero-order valence-corrected chi connectivity index (χ0v) is 22.7. The standard InChI is InChI=1S/C29H35N3O4S/c1-5-19-30-29(34)24(4)31(20-25-15-11-9-13-22(25)2)28(33)21-32(27-18-12-10-14-23(27)3)37(35,36)26-16-7-6-8-17-26/h6-18,24H,5,19-21H2,1-4H3,(H,30,34). The number of rotatable bonds is 11. The Morgan fingerprint density at radius 3 is 2.08 bits per heavy atom. The highest BCUT2D eigenvalue weighted by atomic mass is 32.2. The Kier molecular flexibility index (Phi) is 9.47. The molecule has 0 fully saturated rings. The second-order valence-electron chi connectivity index (χ2n) is 9.03. The monoisotopic (exact) mass is 521 g/mol. The van der Waals surface area contributed by atoms with Crippen molar-refractivity contribution in [2.45, 2.75) is 51.6 Å². The Labute approximate surface area is 220 Å². The first-order valence-electron chi connectivity index (χ1n) is 12.4. The molecule has 0 saturated heterocycles. The fourth-order valence-corrected chi connectivity index (χ4v) is 5.53. The van der Waals surface area contributed by atoms with E-state index in [1.807, 2.05) is 44.2 Å². The average Bonchev–Trinajstić information content (AvgIpc) is 2.90. The number of amides is 2. The van der Waals surface area contributed by atoms with Crippen molar-refractivity contribution < 1.29 is 18.0 Å². The summed E-state index contributed by atoms with van der Waals surface area (Å²) in [5.74, 6) is -0.748. The maximum Gasteiger partial charge on any atom is 0.264 e. The van der Waals surface area contributed by atoms with Crippen molar-refractivity contribution in [1.29, 1.82) is 0 Å². The minimum absolute atomic E-state index is 0.0882. The number of sulfonamides is 1. The first-order valence-corrected chi connectivity index (χ1v) is 13.9. The van der Waals surface area contributed by atoms with Crippen LogP contribution < -0.4 is 9.62 Å². The normalized spacial score (nSPS) is 12.0. The number of para-hydroxylation sites is 1. The number of nitrogens with one attached hydrogen (secondary N) is 1. The first-order chi connectivity index (χ1) is 17.7. The molecule has 0 aromatic heterocycles. The highest BCUT2D eigenvalue weighted by molar-refractivity contribution is 7.92. The maximum atomic E-state index is 13.9. The fraction of sp³-hybridized carbons (Fsp3) is 0.310. The third kappa shape index (κ3) is 6.77. The Morgan fingerprint density at radius 2 is 1.46 bits per heavy atom. The molecule has 3 rings (SSSR count). The molecule has 0 aliphatic rings. The van der Waals surface area contributed by atoms with Crippen molar-refractivity contribution in [3.8, 4) is 0 Å². The van der Waals surface area contributed by atoms with Crippen LogP contribution >= 0.6 is 0 Å². The predicted octanol–water partition coefficient (Wildman–Crippen LogP) is 4.44. The van der Waals surface area contributed by atoms with Crippen LogP contribution in [0.5, 0.6) is 0 Å². The molecular formula is C29H35N3O4S. The van der Waals surface area contributed by atoms with Gasteiger partial charge >= 0.3 is 0 Å². The molecule has 0 heterocycles. The molecule has 0 radical (unpaired) electrons. The van der Waals surface area contributed by atoms with Crippen molar-refractivity contribution in [1.82, 2.24) is 10.2 Å². The molecule has 0 aliphatic carbocycles. The van der Waals surface area contributed by atoms with Crippen molar-refractivity contribution in [2.75, 3.05) is 17.4 Å². The summed E-state index contributed by atoms with van der Waals surface area (Å²) in [4.78, 5) is 28.4. The number of hydrogen-bond acceptors (Lipinski definition) is 4. The molecule has 196 valence electrons. The van der Waals surface area contributed by atoms with Gasteiger partial charge in [0.25, 0.3) is 10.0 Å². The average molecular weight is 522 g/mol. The lowest BCUT2D eigenvalue weighted by molar-refractivity contribution is -0.139. The molecule has 0 spiro atoms. The molecule has 0 aliphatic heterocycles. The summed E-state index contributed by atoms with van der Waals surface area (Å²) in [6.45, 7) is 7.60. The number of anilines is 1. The van der Waals surface area contributed by atoms with Gasteiger partial charge in [0, 0.05) is 13.1 Å². The summed E-state index contributed by atoms with van der Waals surface area (Å²) in [6, 6.07) is 22.0. The smallest absolute Gasteiger partial charge is 0.264 e. The van der Waals surface area contributed by atoms with E-state index < -0.39 is 28.5 Å². The van der Waals surface area contributed by atoms with E-state index in [4.69, 9.17) is 0 Å². The Bertz CT molecular complexity index is 1330. The van der Waals surface area contributed by atoms with Crippen LogP contribution in [0.1, 0.15) is 37.0 Å². The van der Waals surface area contributed by atoms with E-state index in [9.17, 15) is 18.0 Å². The summed E-state index contributed by atoms with van der Waals surface area (Å²) in [5, 5.41) is 2.85. The second-order valence-corrected chi connectivity index (χ2v) is 10.9. The largest absolute Gasteiger partial charge is 0.354 e. The molecule has 7 nitrogen and oxygen atoms in total. The summed E-state index contributed by atoms with van der Waals surface area (Å²) >= 11 is 0. The summed E-state index contributed by atoms with van der Waals surface area (Å²) in [7, 11) is -4.06. The van der Waals surface area contributed by atoms with Gasteiger partial charge in [-0.25, -0.2) is 8.42 Å². The van der Waals surface area contributed by atoms with Gasteiger partial charge in [-0.05, 0) is 62.1 Å². The lowest BCUT2D eigenvalue weighted by atomic mass is 10.1. The van der Waals surface area contributed by atoms with Gasteiger partial charge in [0.05, 0.1) is 10.6 Å². The molecule has 2 amide bonds. The SMILES string of the molecule is CCCNC(=O)C(C)N(Cc1ccccc1C)C(=O)CN(c1ccccc1C)S(=O)(=O)c1ccccc1. The topological polar surface area (TPSA) is 86.8 Å². The molecule has 1 atom stereocenters. The van der Waals surface area contributed by atoms with Gasteiger partial charge in [-0.3, -0.25) is 13.9 Å². The van der Waals surface area contributed by atoms with Gasteiger partial charge in [-0.15, -0.1) is 0 Å². The number of hydrogen-bond donors (Lipinski definition) is 1. The van der Waals surface area contributed by atoms with Crippen molar-refractivity contribution >= 4 is 27.5 Å². The van der Waals surface area contributed by atoms with Gasteiger partial charge in [0.1, 0.15) is 12.6 Å². The summed E-state index contributed by atoms with van der Waals surface area (Å²) in [5.41, 5.74) is 3.00. The third-order valence-electron chi connectivity index (χ3n) is 6.31. The quantitative estimate of drug-likeness (QED) is 0.404. The second kappa shape index (κ2) is 12.5. The minimum atomic E-state index is -4.06. The number of benzene rings is 3. The predicted molar refractivity (Wildman–Crippen MR) is 147 cm³/mol. The molecule has 1 N–H and O–H groups in total. The molecule has 3 aromatic rings. The number of nitrogens with zero attached hydrogens (tertiary/aromatic N) is 2. The molecule has 0 bridgehead atoms. The number of carbonyl (C=O) groups is 2. The van der Waals surface area contributed by atoms with Gasteiger partial charge < -0.3 is 10.2 Å². The van der Waals surface area contributed by atoms with E-state index in [2.05, 4.69) is 5.32 Å². The maximum absolute atomic E-state index is 13.9. The van der Waals surface area contributed by atoms with E-state index in [-0.39, 0.29) is 17.3 Å². The molecular weight excluding hydrogens is 486 g/mol. The van der Waals surface area contributed by atoms with Crippen LogP contribution in [0.15, 0.2) is 83.8 Å². The zero-order chi connectivity index (χ0) is 27.0. The summed E-state index contributed by atoms with van der Waals surface area (Å²) in [6.07, 6.45) is 0.764. The molecule has 1 unspecified atom stereocenters. The zero-order valence-electron chi connectivity index (χ0n) is 21.8. The molecule has 0 saturated carbocycles. The van der Waals surface area contributed by atoms with Crippen molar-refractivity contribution in [2.24, 2.45) is 0 Å². The molecule has 8 heteroatoms. The highest BCUT2D eigenvalue weighted by Gasteiger charge is 2.33. The number of carbonyl (C=O) groups excluding carboxylic acids is 2. The number of aryl methyl sites for hydroxylation is 2. The highest BCUT2D eigenvalue weighted by Crippen LogP contribution is 2.27. The van der Waals surface area contributed by atoms with Crippen LogP contribution in [0, 0.1) is 13.8 Å². The Balaban J connectivity index is 2.03. The lowest BCUT2D eigenvalue weighted by Crippen LogP contribution is -2.51. The fourth-order valence-electron chi connectivity index (χ4n) is 4.03. The van der Waals surface area contributed by atoms with Crippen LogP contribution in [0.25, 0.3) is 0 Å². The lowest BCUT2D eigenvalue weighted by Gasteiger charge is -2.32. The Morgan fingerprint density at radius 1 is 0.865 bits per heavy atom. The third-order valence-corrected chi connectivity index (χ3v) is 8.09. The van der Waals surface area contributed by atoms with E-state index >= 15 is 0 Å². The van der Waals surface area contributed by atoms with Crippen LogP contribution in [-0.4, -0.2) is 44.3 Å². The van der Waals surface area contributed by atoms with Crippen LogP contribution in [0.3, 0.4) is 0 Å².